The average molecular weight is 513 g/mol. The van der Waals surface area contributed by atoms with E-state index in [-0.39, 0.29) is 19.2 Å². The first kappa shape index (κ1) is 28.1. The predicted octanol–water partition coefficient (Wildman–Crippen LogP) is 2.45. The summed E-state index contributed by atoms with van der Waals surface area (Å²) in [5, 5.41) is 0. The maximum atomic E-state index is 13.2. The van der Waals surface area contributed by atoms with Crippen molar-refractivity contribution < 1.29 is 33.3 Å². The Hall–Kier alpha value is -3.43. The third-order valence-corrected chi connectivity index (χ3v) is 6.51. The molecular formula is C28H36N2O7. The highest BCUT2D eigenvalue weighted by Crippen LogP contribution is 2.30. The van der Waals surface area contributed by atoms with Crippen molar-refractivity contribution in [2.45, 2.75) is 57.7 Å². The highest BCUT2D eigenvalue weighted by atomic mass is 16.6. The van der Waals surface area contributed by atoms with Crippen LogP contribution in [0.15, 0.2) is 42.5 Å². The first-order chi connectivity index (χ1) is 17.8. The summed E-state index contributed by atoms with van der Waals surface area (Å²) in [6.45, 7) is 3.16. The summed E-state index contributed by atoms with van der Waals surface area (Å²) in [4.78, 5) is 39.8. The highest BCUT2D eigenvalue weighted by Gasteiger charge is 2.37. The molecule has 1 aliphatic rings. The van der Waals surface area contributed by atoms with Crippen molar-refractivity contribution in [3.63, 3.8) is 0 Å². The van der Waals surface area contributed by atoms with Gasteiger partial charge in [-0.05, 0) is 68.4 Å². The third kappa shape index (κ3) is 7.30. The van der Waals surface area contributed by atoms with Gasteiger partial charge in [0.2, 0.25) is 0 Å². The maximum Gasteiger partial charge on any atom is 0.330 e. The number of methoxy groups -OCH3 is 2. The van der Waals surface area contributed by atoms with E-state index in [0.29, 0.717) is 37.2 Å². The molecule has 0 bridgehead atoms. The second kappa shape index (κ2) is 13.2. The van der Waals surface area contributed by atoms with E-state index in [4.69, 9.17) is 24.7 Å². The number of aryl methyl sites for hydroxylation is 1. The van der Waals surface area contributed by atoms with Gasteiger partial charge in [-0.25, -0.2) is 4.79 Å². The van der Waals surface area contributed by atoms with E-state index in [1.165, 1.54) is 18.1 Å². The number of hydrogen-bond donors (Lipinski definition) is 1. The standard InChI is InChI=1S/C28H36N2O7/c1-5-36-28(33)23(12-10-19-11-13-24(34-3)25(14-19)35-4)30(17-26(31)37-27(32)18(2)29)22-15-20-8-6-7-9-21(20)16-22/h6-9,11,13-14,18,22-23H,5,10,12,15-17,29H2,1-4H3/t18-,23-/m0/s1. The zero-order chi connectivity index (χ0) is 26.9. The molecule has 2 N–H and O–H groups in total. The molecule has 0 aromatic heterocycles. The Morgan fingerprint density at radius 1 is 1.00 bits per heavy atom. The summed E-state index contributed by atoms with van der Waals surface area (Å²) < 4.78 is 21.1. The molecule has 0 saturated heterocycles. The van der Waals surface area contributed by atoms with Gasteiger partial charge in [0.25, 0.3) is 0 Å². The lowest BCUT2D eigenvalue weighted by atomic mass is 10.0. The largest absolute Gasteiger partial charge is 0.493 e. The number of nitrogens with zero attached hydrogens (tertiary/aromatic N) is 1. The van der Waals surface area contributed by atoms with E-state index in [9.17, 15) is 14.4 Å². The lowest BCUT2D eigenvalue weighted by Gasteiger charge is -2.34. The number of hydrogen-bond acceptors (Lipinski definition) is 9. The summed E-state index contributed by atoms with van der Waals surface area (Å²) >= 11 is 0. The smallest absolute Gasteiger partial charge is 0.330 e. The van der Waals surface area contributed by atoms with Crippen molar-refractivity contribution in [1.82, 2.24) is 4.90 Å². The maximum absolute atomic E-state index is 13.2. The third-order valence-electron chi connectivity index (χ3n) is 6.51. The van der Waals surface area contributed by atoms with Crippen LogP contribution in [0.1, 0.15) is 37.0 Å². The molecule has 0 aliphatic heterocycles. The van der Waals surface area contributed by atoms with Gasteiger partial charge in [0.05, 0.1) is 27.4 Å². The number of carbonyl (C=O) groups excluding carboxylic acids is 3. The predicted molar refractivity (Wildman–Crippen MR) is 137 cm³/mol. The van der Waals surface area contributed by atoms with Crippen LogP contribution in [0.25, 0.3) is 0 Å². The molecule has 0 amide bonds. The van der Waals surface area contributed by atoms with E-state index in [0.717, 1.165) is 5.56 Å². The molecule has 0 unspecified atom stereocenters. The Balaban J connectivity index is 1.87. The Morgan fingerprint density at radius 3 is 2.22 bits per heavy atom. The van der Waals surface area contributed by atoms with Gasteiger partial charge in [-0.15, -0.1) is 0 Å². The Morgan fingerprint density at radius 2 is 1.65 bits per heavy atom. The van der Waals surface area contributed by atoms with Crippen LogP contribution in [-0.2, 0) is 43.1 Å². The van der Waals surface area contributed by atoms with Gasteiger partial charge in [0.1, 0.15) is 12.1 Å². The molecule has 1 aliphatic carbocycles. The lowest BCUT2D eigenvalue weighted by Crippen LogP contribution is -2.51. The van der Waals surface area contributed by atoms with E-state index in [1.54, 1.807) is 21.1 Å². The fourth-order valence-corrected chi connectivity index (χ4v) is 4.65. The molecule has 0 fully saturated rings. The quantitative estimate of drug-likeness (QED) is 0.338. The van der Waals surface area contributed by atoms with Crippen LogP contribution in [0.4, 0.5) is 0 Å². The monoisotopic (exact) mass is 512 g/mol. The number of nitrogens with two attached hydrogens (primary N) is 1. The molecular weight excluding hydrogens is 476 g/mol. The fraction of sp³-hybridized carbons (Fsp3) is 0.464. The van der Waals surface area contributed by atoms with E-state index in [1.807, 2.05) is 35.2 Å². The number of rotatable bonds is 12. The Bertz CT molecular complexity index is 1080. The summed E-state index contributed by atoms with van der Waals surface area (Å²) in [5.41, 5.74) is 8.84. The number of esters is 3. The topological polar surface area (TPSA) is 117 Å². The molecule has 37 heavy (non-hydrogen) atoms. The molecule has 0 radical (unpaired) electrons. The minimum Gasteiger partial charge on any atom is -0.493 e. The van der Waals surface area contributed by atoms with Crippen molar-refractivity contribution in [2.24, 2.45) is 5.73 Å². The first-order valence-electron chi connectivity index (χ1n) is 12.5. The van der Waals surface area contributed by atoms with Crippen molar-refractivity contribution in [3.05, 3.63) is 59.2 Å². The number of ether oxygens (including phenoxy) is 4. The minimum absolute atomic E-state index is 0.143. The van der Waals surface area contributed by atoms with Crippen LogP contribution in [0.5, 0.6) is 11.5 Å². The summed E-state index contributed by atoms with van der Waals surface area (Å²) in [6.07, 6.45) is 2.23. The molecule has 0 spiro atoms. The molecule has 2 aromatic rings. The molecule has 0 saturated carbocycles. The van der Waals surface area contributed by atoms with Crippen molar-refractivity contribution in [1.29, 1.82) is 0 Å². The zero-order valence-electron chi connectivity index (χ0n) is 21.9. The molecule has 9 heteroatoms. The van der Waals surface area contributed by atoms with Gasteiger partial charge in [-0.2, -0.15) is 0 Å². The summed E-state index contributed by atoms with van der Waals surface area (Å²) in [7, 11) is 3.14. The second-order valence-electron chi connectivity index (χ2n) is 9.08. The molecule has 2 aromatic carbocycles. The minimum atomic E-state index is -0.931. The number of fused-ring (bicyclic) bond motifs is 1. The Labute approximate surface area is 217 Å². The van der Waals surface area contributed by atoms with Crippen molar-refractivity contribution >= 4 is 17.9 Å². The van der Waals surface area contributed by atoms with Crippen LogP contribution in [0.2, 0.25) is 0 Å². The average Bonchev–Trinajstić information content (AvgIpc) is 3.32. The van der Waals surface area contributed by atoms with Gasteiger partial charge < -0.3 is 24.7 Å². The van der Waals surface area contributed by atoms with Crippen LogP contribution < -0.4 is 15.2 Å². The van der Waals surface area contributed by atoms with Crippen molar-refractivity contribution in [2.75, 3.05) is 27.4 Å². The SMILES string of the molecule is CCOC(=O)[C@H](CCc1ccc(OC)c(OC)c1)N(CC(=O)OC(=O)[C@H](C)N)C1Cc2ccccc2C1. The van der Waals surface area contributed by atoms with Crippen LogP contribution >= 0.6 is 0 Å². The van der Waals surface area contributed by atoms with E-state index >= 15 is 0 Å². The highest BCUT2D eigenvalue weighted by molar-refractivity contribution is 5.89. The summed E-state index contributed by atoms with van der Waals surface area (Å²) in [6, 6.07) is 11.8. The molecule has 0 heterocycles. The molecule has 9 nitrogen and oxygen atoms in total. The van der Waals surface area contributed by atoms with Gasteiger partial charge in [0.15, 0.2) is 11.5 Å². The fourth-order valence-electron chi connectivity index (χ4n) is 4.65. The number of carbonyl (C=O) groups is 3. The van der Waals surface area contributed by atoms with E-state index in [2.05, 4.69) is 12.1 Å². The van der Waals surface area contributed by atoms with Crippen LogP contribution in [0.3, 0.4) is 0 Å². The van der Waals surface area contributed by atoms with E-state index < -0.39 is 30.0 Å². The zero-order valence-corrected chi connectivity index (χ0v) is 21.9. The summed E-state index contributed by atoms with van der Waals surface area (Å²) in [5.74, 6) is -0.782. The van der Waals surface area contributed by atoms with Gasteiger partial charge in [0, 0.05) is 6.04 Å². The van der Waals surface area contributed by atoms with Gasteiger partial charge in [-0.1, -0.05) is 30.3 Å². The van der Waals surface area contributed by atoms with Crippen LogP contribution in [0, 0.1) is 0 Å². The molecule has 3 rings (SSSR count). The first-order valence-corrected chi connectivity index (χ1v) is 12.5. The normalized spacial score (nSPS) is 14.5. The molecule has 200 valence electrons. The van der Waals surface area contributed by atoms with Gasteiger partial charge in [-0.3, -0.25) is 14.5 Å². The lowest BCUT2D eigenvalue weighted by molar-refractivity contribution is -0.163. The second-order valence-corrected chi connectivity index (χ2v) is 9.08. The number of benzene rings is 2. The van der Waals surface area contributed by atoms with Crippen LogP contribution in [-0.4, -0.2) is 68.3 Å². The van der Waals surface area contributed by atoms with Gasteiger partial charge >= 0.3 is 17.9 Å². The molecule has 2 atom stereocenters. The Kier molecular flexibility index (Phi) is 10.0. The van der Waals surface area contributed by atoms with Crippen molar-refractivity contribution in [3.8, 4) is 11.5 Å².